The fourth-order valence-corrected chi connectivity index (χ4v) is 2.54. The van der Waals surface area contributed by atoms with Gasteiger partial charge in [0.15, 0.2) is 4.77 Å². The topological polar surface area (TPSA) is 50.0 Å². The summed E-state index contributed by atoms with van der Waals surface area (Å²) in [6.45, 7) is 2.04. The number of rotatable bonds is 4. The number of imidazole rings is 1. The Kier molecular flexibility index (Phi) is 4.10. The molecule has 0 saturated heterocycles. The van der Waals surface area contributed by atoms with Crippen molar-refractivity contribution in [3.05, 3.63) is 64.5 Å². The highest BCUT2D eigenvalue weighted by atomic mass is 32.1. The molecule has 0 saturated carbocycles. The second-order valence-corrected chi connectivity index (χ2v) is 5.64. The third kappa shape index (κ3) is 3.36. The van der Waals surface area contributed by atoms with Crippen LogP contribution in [0, 0.1) is 4.77 Å². The lowest BCUT2D eigenvalue weighted by atomic mass is 10.0. The molecule has 2 N–H and O–H groups in total. The predicted molar refractivity (Wildman–Crippen MR) is 83.8 cm³/mol. The zero-order chi connectivity index (χ0) is 14.7. The Balaban J connectivity index is 1.61. The standard InChI is InChI=1S/C16H18N2O2S/c1-11(14-8-17-16(21)18-14)15-10-19-13(9-20-15)7-12-5-3-2-4-6-12/h2-3,5,8-11H,4,6-7H2,1H3,(H2,17,18,21). The second-order valence-electron chi connectivity index (χ2n) is 5.23. The highest BCUT2D eigenvalue weighted by Gasteiger charge is 2.18. The average molecular weight is 302 g/mol. The number of ether oxygens (including phenoxy) is 2. The van der Waals surface area contributed by atoms with Gasteiger partial charge in [0.1, 0.15) is 24.0 Å². The molecule has 21 heavy (non-hydrogen) atoms. The molecule has 3 rings (SSSR count). The molecule has 4 nitrogen and oxygen atoms in total. The van der Waals surface area contributed by atoms with Gasteiger partial charge in [-0.3, -0.25) is 0 Å². The molecular formula is C16H18N2O2S. The van der Waals surface area contributed by atoms with Crippen molar-refractivity contribution in [2.75, 3.05) is 0 Å². The summed E-state index contributed by atoms with van der Waals surface area (Å²) in [5.74, 6) is 1.67. The van der Waals surface area contributed by atoms with E-state index in [1.54, 1.807) is 12.5 Å². The first-order chi connectivity index (χ1) is 10.2. The molecular weight excluding hydrogens is 284 g/mol. The number of H-pyrrole nitrogens is 2. The highest BCUT2D eigenvalue weighted by molar-refractivity contribution is 7.71. The molecule has 0 fully saturated rings. The predicted octanol–water partition coefficient (Wildman–Crippen LogP) is 4.57. The maximum Gasteiger partial charge on any atom is 0.174 e. The number of aromatic amines is 2. The molecule has 1 aromatic rings. The van der Waals surface area contributed by atoms with E-state index in [0.717, 1.165) is 36.5 Å². The molecule has 0 radical (unpaired) electrons. The summed E-state index contributed by atoms with van der Waals surface area (Å²) in [6, 6.07) is 0. The van der Waals surface area contributed by atoms with Gasteiger partial charge in [-0.1, -0.05) is 23.8 Å². The van der Waals surface area contributed by atoms with Gasteiger partial charge in [-0.05, 0) is 32.0 Å². The first-order valence-electron chi connectivity index (χ1n) is 7.07. The van der Waals surface area contributed by atoms with Gasteiger partial charge in [-0.2, -0.15) is 0 Å². The molecule has 1 aliphatic carbocycles. The van der Waals surface area contributed by atoms with Crippen molar-refractivity contribution in [1.29, 1.82) is 0 Å². The van der Waals surface area contributed by atoms with E-state index < -0.39 is 0 Å². The SMILES string of the molecule is CC(C1=COC(CC2=CC=CCC2)=CO1)c1c[nH]c(=S)[nH]1. The van der Waals surface area contributed by atoms with E-state index in [4.69, 9.17) is 21.7 Å². The van der Waals surface area contributed by atoms with E-state index in [-0.39, 0.29) is 5.92 Å². The van der Waals surface area contributed by atoms with Crippen molar-refractivity contribution in [3.63, 3.8) is 0 Å². The lowest BCUT2D eigenvalue weighted by molar-refractivity contribution is 0.209. The molecule has 2 aliphatic rings. The van der Waals surface area contributed by atoms with Crippen LogP contribution in [-0.4, -0.2) is 9.97 Å². The van der Waals surface area contributed by atoms with Crippen LogP contribution in [0.15, 0.2) is 54.0 Å². The monoisotopic (exact) mass is 302 g/mol. The van der Waals surface area contributed by atoms with Crippen molar-refractivity contribution in [2.24, 2.45) is 0 Å². The van der Waals surface area contributed by atoms with Crippen LogP contribution in [-0.2, 0) is 9.47 Å². The molecule has 0 bridgehead atoms. The summed E-state index contributed by atoms with van der Waals surface area (Å²) in [4.78, 5) is 6.05. The van der Waals surface area contributed by atoms with Gasteiger partial charge in [-0.15, -0.1) is 0 Å². The van der Waals surface area contributed by atoms with Crippen LogP contribution >= 0.6 is 12.2 Å². The summed E-state index contributed by atoms with van der Waals surface area (Å²) in [5, 5.41) is 0. The molecule has 1 aliphatic heterocycles. The van der Waals surface area contributed by atoms with Gasteiger partial charge in [0.25, 0.3) is 0 Å². The van der Waals surface area contributed by atoms with Gasteiger partial charge in [-0.25, -0.2) is 0 Å². The number of allylic oxidation sites excluding steroid dienone is 5. The van der Waals surface area contributed by atoms with Crippen molar-refractivity contribution >= 4 is 12.2 Å². The Hall–Kier alpha value is -2.01. The van der Waals surface area contributed by atoms with E-state index in [2.05, 4.69) is 28.2 Å². The molecule has 0 amide bonds. The molecule has 1 aromatic heterocycles. The molecule has 0 spiro atoms. The molecule has 2 heterocycles. The van der Waals surface area contributed by atoms with Gasteiger partial charge in [0, 0.05) is 18.3 Å². The number of nitrogens with one attached hydrogen (secondary N) is 2. The van der Waals surface area contributed by atoms with Crippen LogP contribution in [0.25, 0.3) is 0 Å². The summed E-state index contributed by atoms with van der Waals surface area (Å²) < 4.78 is 12.0. The van der Waals surface area contributed by atoms with Crippen LogP contribution < -0.4 is 0 Å². The van der Waals surface area contributed by atoms with Crippen molar-refractivity contribution in [1.82, 2.24) is 9.97 Å². The van der Waals surface area contributed by atoms with Gasteiger partial charge >= 0.3 is 0 Å². The minimum Gasteiger partial charge on any atom is -0.462 e. The maximum absolute atomic E-state index is 5.72. The Morgan fingerprint density at radius 1 is 1.33 bits per heavy atom. The van der Waals surface area contributed by atoms with Crippen molar-refractivity contribution in [2.45, 2.75) is 32.1 Å². The lowest BCUT2D eigenvalue weighted by Crippen LogP contribution is -2.06. The van der Waals surface area contributed by atoms with Crippen molar-refractivity contribution < 1.29 is 9.47 Å². The van der Waals surface area contributed by atoms with Crippen LogP contribution in [0.5, 0.6) is 0 Å². The van der Waals surface area contributed by atoms with Gasteiger partial charge < -0.3 is 19.4 Å². The van der Waals surface area contributed by atoms with Crippen LogP contribution in [0.1, 0.15) is 37.8 Å². The Bertz CT molecular complexity index is 691. The summed E-state index contributed by atoms with van der Waals surface area (Å²) in [6.07, 6.45) is 14.7. The fraction of sp³-hybridized carbons (Fsp3) is 0.312. The first-order valence-corrected chi connectivity index (χ1v) is 7.48. The maximum atomic E-state index is 5.72. The van der Waals surface area contributed by atoms with Crippen LogP contribution in [0.4, 0.5) is 0 Å². The largest absolute Gasteiger partial charge is 0.462 e. The molecule has 5 heteroatoms. The third-order valence-electron chi connectivity index (χ3n) is 3.66. The van der Waals surface area contributed by atoms with E-state index in [9.17, 15) is 0 Å². The lowest BCUT2D eigenvalue weighted by Gasteiger charge is -2.20. The number of aromatic nitrogens is 2. The smallest absolute Gasteiger partial charge is 0.174 e. The molecule has 1 unspecified atom stereocenters. The average Bonchev–Trinajstić information content (AvgIpc) is 2.95. The van der Waals surface area contributed by atoms with E-state index in [1.807, 2.05) is 13.1 Å². The minimum absolute atomic E-state index is 0.0626. The van der Waals surface area contributed by atoms with Crippen LogP contribution in [0.2, 0.25) is 0 Å². The zero-order valence-electron chi connectivity index (χ0n) is 11.9. The second kappa shape index (κ2) is 6.18. The molecule has 110 valence electrons. The van der Waals surface area contributed by atoms with Gasteiger partial charge in [0.2, 0.25) is 0 Å². The van der Waals surface area contributed by atoms with Gasteiger partial charge in [0.05, 0.1) is 5.92 Å². The minimum atomic E-state index is 0.0626. The fourth-order valence-electron chi connectivity index (χ4n) is 2.37. The van der Waals surface area contributed by atoms with Crippen molar-refractivity contribution in [3.8, 4) is 0 Å². The summed E-state index contributed by atoms with van der Waals surface area (Å²) >= 11 is 5.04. The number of hydrogen-bond donors (Lipinski definition) is 2. The first kappa shape index (κ1) is 13.9. The Morgan fingerprint density at radius 2 is 2.24 bits per heavy atom. The quantitative estimate of drug-likeness (QED) is 0.801. The van der Waals surface area contributed by atoms with E-state index in [1.165, 1.54) is 5.57 Å². The zero-order valence-corrected chi connectivity index (χ0v) is 12.7. The molecule has 0 aromatic carbocycles. The Morgan fingerprint density at radius 3 is 2.86 bits per heavy atom. The molecule has 1 atom stereocenters. The third-order valence-corrected chi connectivity index (χ3v) is 3.88. The van der Waals surface area contributed by atoms with E-state index in [0.29, 0.717) is 4.77 Å². The highest BCUT2D eigenvalue weighted by Crippen LogP contribution is 2.29. The van der Waals surface area contributed by atoms with E-state index >= 15 is 0 Å². The normalized spacial score (nSPS) is 19.0. The summed E-state index contributed by atoms with van der Waals surface area (Å²) in [7, 11) is 0. The Labute approximate surface area is 128 Å². The number of hydrogen-bond acceptors (Lipinski definition) is 3. The summed E-state index contributed by atoms with van der Waals surface area (Å²) in [5.41, 5.74) is 2.35. The van der Waals surface area contributed by atoms with Crippen LogP contribution in [0.3, 0.4) is 0 Å².